The van der Waals surface area contributed by atoms with Gasteiger partial charge < -0.3 is 4.74 Å². The first-order valence-corrected chi connectivity index (χ1v) is 5.46. The standard InChI is InChI=1S/C11H7ClFN3O3/c1-6-3-2-4-8(16(17)18)9(6)19-10-7(13)5-14-11(12)15-10/h2-5H,1H3. The molecule has 2 rings (SSSR count). The fraction of sp³-hybridized carbons (Fsp3) is 0.0909. The minimum Gasteiger partial charge on any atom is -0.429 e. The van der Waals surface area contributed by atoms with Gasteiger partial charge in [-0.05, 0) is 24.1 Å². The van der Waals surface area contributed by atoms with Crippen LogP contribution < -0.4 is 4.74 Å². The lowest BCUT2D eigenvalue weighted by molar-refractivity contribution is -0.385. The molecule has 0 bridgehead atoms. The van der Waals surface area contributed by atoms with E-state index in [1.165, 1.54) is 12.1 Å². The van der Waals surface area contributed by atoms with Crippen LogP contribution >= 0.6 is 11.6 Å². The van der Waals surface area contributed by atoms with Crippen molar-refractivity contribution in [3.05, 3.63) is 51.2 Å². The maximum Gasteiger partial charge on any atom is 0.311 e. The van der Waals surface area contributed by atoms with Crippen molar-refractivity contribution in [2.45, 2.75) is 6.92 Å². The summed E-state index contributed by atoms with van der Waals surface area (Å²) in [7, 11) is 0. The molecule has 0 N–H and O–H groups in total. The highest BCUT2D eigenvalue weighted by Gasteiger charge is 2.20. The minimum absolute atomic E-state index is 0.0823. The molecule has 1 aromatic heterocycles. The van der Waals surface area contributed by atoms with E-state index >= 15 is 0 Å². The van der Waals surface area contributed by atoms with Crippen LogP contribution in [-0.4, -0.2) is 14.9 Å². The summed E-state index contributed by atoms with van der Waals surface area (Å²) in [6.07, 6.45) is 0.828. The number of hydrogen-bond acceptors (Lipinski definition) is 5. The van der Waals surface area contributed by atoms with Gasteiger partial charge in [-0.15, -0.1) is 0 Å². The molecule has 0 saturated carbocycles. The molecule has 1 aromatic carbocycles. The van der Waals surface area contributed by atoms with Gasteiger partial charge in [-0.1, -0.05) is 12.1 Å². The molecule has 0 atom stereocenters. The van der Waals surface area contributed by atoms with E-state index in [4.69, 9.17) is 16.3 Å². The number of benzene rings is 1. The Balaban J connectivity index is 2.49. The molecule has 1 heterocycles. The van der Waals surface area contributed by atoms with Gasteiger partial charge in [0.15, 0.2) is 0 Å². The summed E-state index contributed by atoms with van der Waals surface area (Å²) in [5, 5.41) is 10.7. The molecule has 6 nitrogen and oxygen atoms in total. The lowest BCUT2D eigenvalue weighted by Crippen LogP contribution is -1.99. The number of aromatic nitrogens is 2. The summed E-state index contributed by atoms with van der Waals surface area (Å²) < 4.78 is 18.6. The Morgan fingerprint density at radius 1 is 1.47 bits per heavy atom. The van der Waals surface area contributed by atoms with Gasteiger partial charge in [-0.25, -0.2) is 4.98 Å². The van der Waals surface area contributed by atoms with E-state index in [0.29, 0.717) is 5.56 Å². The van der Waals surface area contributed by atoms with Crippen molar-refractivity contribution in [3.63, 3.8) is 0 Å². The van der Waals surface area contributed by atoms with Crippen LogP contribution in [0.2, 0.25) is 5.28 Å². The second-order valence-corrected chi connectivity index (χ2v) is 3.91. The van der Waals surface area contributed by atoms with Gasteiger partial charge >= 0.3 is 5.69 Å². The predicted molar refractivity (Wildman–Crippen MR) is 64.9 cm³/mol. The Labute approximate surface area is 112 Å². The number of rotatable bonds is 3. The van der Waals surface area contributed by atoms with Crippen LogP contribution in [0, 0.1) is 22.9 Å². The van der Waals surface area contributed by atoms with Crippen molar-refractivity contribution in [2.24, 2.45) is 0 Å². The molecule has 0 unspecified atom stereocenters. The number of halogens is 2. The number of aryl methyl sites for hydroxylation is 1. The number of ether oxygens (including phenoxy) is 1. The van der Waals surface area contributed by atoms with Crippen molar-refractivity contribution < 1.29 is 14.1 Å². The fourth-order valence-corrected chi connectivity index (χ4v) is 1.54. The van der Waals surface area contributed by atoms with Gasteiger partial charge in [0.2, 0.25) is 16.9 Å². The lowest BCUT2D eigenvalue weighted by Gasteiger charge is -2.08. The van der Waals surface area contributed by atoms with Gasteiger partial charge in [0.25, 0.3) is 5.88 Å². The SMILES string of the molecule is Cc1cccc([N+](=O)[O-])c1Oc1nc(Cl)ncc1F. The summed E-state index contributed by atoms with van der Waals surface area (Å²) in [6, 6.07) is 4.36. The van der Waals surface area contributed by atoms with Gasteiger partial charge in [-0.2, -0.15) is 9.37 Å². The first-order chi connectivity index (χ1) is 8.99. The smallest absolute Gasteiger partial charge is 0.311 e. The topological polar surface area (TPSA) is 78.2 Å². The normalized spacial score (nSPS) is 10.3. The van der Waals surface area contributed by atoms with Crippen LogP contribution in [0.15, 0.2) is 24.4 Å². The quantitative estimate of drug-likeness (QED) is 0.491. The maximum atomic E-state index is 13.4. The summed E-state index contributed by atoms with van der Waals surface area (Å²) >= 11 is 5.52. The molecule has 8 heteroatoms. The Hall–Kier alpha value is -2.28. The second kappa shape index (κ2) is 5.15. The third kappa shape index (κ3) is 2.76. The number of nitro groups is 1. The van der Waals surface area contributed by atoms with Crippen molar-refractivity contribution >= 4 is 17.3 Å². The van der Waals surface area contributed by atoms with E-state index in [1.54, 1.807) is 13.0 Å². The van der Waals surface area contributed by atoms with Gasteiger partial charge in [0.05, 0.1) is 11.1 Å². The van der Waals surface area contributed by atoms with E-state index in [1.807, 2.05) is 0 Å². The van der Waals surface area contributed by atoms with Crippen molar-refractivity contribution in [1.82, 2.24) is 9.97 Å². The van der Waals surface area contributed by atoms with Crippen LogP contribution in [0.4, 0.5) is 10.1 Å². The molecule has 19 heavy (non-hydrogen) atoms. The third-order valence-electron chi connectivity index (χ3n) is 2.27. The monoisotopic (exact) mass is 283 g/mol. The first kappa shape index (κ1) is 13.2. The molecule has 2 aromatic rings. The Morgan fingerprint density at radius 2 is 2.21 bits per heavy atom. The first-order valence-electron chi connectivity index (χ1n) is 5.09. The molecule has 0 radical (unpaired) electrons. The second-order valence-electron chi connectivity index (χ2n) is 3.57. The van der Waals surface area contributed by atoms with Crippen LogP contribution in [0.5, 0.6) is 11.6 Å². The van der Waals surface area contributed by atoms with Gasteiger partial charge in [0.1, 0.15) is 0 Å². The Morgan fingerprint density at radius 3 is 2.89 bits per heavy atom. The van der Waals surface area contributed by atoms with Gasteiger partial charge in [-0.3, -0.25) is 10.1 Å². The van der Waals surface area contributed by atoms with Crippen LogP contribution in [0.25, 0.3) is 0 Å². The summed E-state index contributed by atoms with van der Waals surface area (Å²) in [5.41, 5.74) is 0.192. The van der Waals surface area contributed by atoms with Crippen LogP contribution in [0.3, 0.4) is 0 Å². The zero-order valence-corrected chi connectivity index (χ0v) is 10.4. The number of nitrogens with zero attached hydrogens (tertiary/aromatic N) is 3. The number of nitro benzene ring substituents is 1. The van der Waals surface area contributed by atoms with Crippen molar-refractivity contribution in [1.29, 1.82) is 0 Å². The predicted octanol–water partition coefficient (Wildman–Crippen LogP) is 3.28. The molecule has 0 saturated heterocycles. The van der Waals surface area contributed by atoms with Crippen LogP contribution in [-0.2, 0) is 0 Å². The van der Waals surface area contributed by atoms with E-state index in [-0.39, 0.29) is 16.7 Å². The zero-order chi connectivity index (χ0) is 14.0. The molecule has 98 valence electrons. The highest BCUT2D eigenvalue weighted by molar-refractivity contribution is 6.28. The van der Waals surface area contributed by atoms with E-state index in [9.17, 15) is 14.5 Å². The molecule has 0 spiro atoms. The maximum absolute atomic E-state index is 13.4. The molecule has 0 aliphatic heterocycles. The largest absolute Gasteiger partial charge is 0.429 e. The van der Waals surface area contributed by atoms with Crippen molar-refractivity contribution in [3.8, 4) is 11.6 Å². The molecule has 0 fully saturated rings. The average Bonchev–Trinajstić information content (AvgIpc) is 2.35. The third-order valence-corrected chi connectivity index (χ3v) is 2.45. The number of para-hydroxylation sites is 1. The molecule has 0 aliphatic carbocycles. The van der Waals surface area contributed by atoms with Crippen molar-refractivity contribution in [2.75, 3.05) is 0 Å². The minimum atomic E-state index is -0.859. The summed E-state index contributed by atoms with van der Waals surface area (Å²) in [5.74, 6) is -1.40. The van der Waals surface area contributed by atoms with E-state index in [0.717, 1.165) is 6.20 Å². The zero-order valence-electron chi connectivity index (χ0n) is 9.63. The van der Waals surface area contributed by atoms with E-state index in [2.05, 4.69) is 9.97 Å². The van der Waals surface area contributed by atoms with Gasteiger partial charge in [0, 0.05) is 6.07 Å². The highest BCUT2D eigenvalue weighted by atomic mass is 35.5. The molecular formula is C11H7ClFN3O3. The summed E-state index contributed by atoms with van der Waals surface area (Å²) in [4.78, 5) is 17.2. The molecular weight excluding hydrogens is 277 g/mol. The Kier molecular flexibility index (Phi) is 3.57. The Bertz CT molecular complexity index is 651. The number of hydrogen-bond donors (Lipinski definition) is 0. The van der Waals surface area contributed by atoms with Crippen LogP contribution in [0.1, 0.15) is 5.56 Å². The fourth-order valence-electron chi connectivity index (χ4n) is 1.41. The molecule has 0 amide bonds. The summed E-state index contributed by atoms with van der Waals surface area (Å²) in [6.45, 7) is 1.60. The highest BCUT2D eigenvalue weighted by Crippen LogP contribution is 2.34. The van der Waals surface area contributed by atoms with E-state index < -0.39 is 16.6 Å². The average molecular weight is 284 g/mol. The lowest BCUT2D eigenvalue weighted by atomic mass is 10.2. The molecule has 0 aliphatic rings.